The van der Waals surface area contributed by atoms with Gasteiger partial charge in [0, 0.05) is 0 Å². The molecule has 6 atom stereocenters. The molecule has 0 amide bonds. The van der Waals surface area contributed by atoms with Crippen molar-refractivity contribution in [1.82, 2.24) is 0 Å². The second kappa shape index (κ2) is 8.89. The molecule has 0 radical (unpaired) electrons. The van der Waals surface area contributed by atoms with Gasteiger partial charge < -0.3 is 35.0 Å². The SMILES string of the molecule is C=C[C@](C)(O)CCC=C(C)CO[C@@H]1O[C@H](CO)[C@@H](O)[C@H](O)[C@H]1O. The summed E-state index contributed by atoms with van der Waals surface area (Å²) in [5.74, 6) is 0. The van der Waals surface area contributed by atoms with Crippen molar-refractivity contribution in [1.29, 1.82) is 0 Å². The third kappa shape index (κ3) is 5.96. The first-order valence-corrected chi connectivity index (χ1v) is 7.65. The van der Waals surface area contributed by atoms with E-state index in [-0.39, 0.29) is 6.61 Å². The lowest BCUT2D eigenvalue weighted by Gasteiger charge is -2.39. The van der Waals surface area contributed by atoms with E-state index in [0.717, 1.165) is 5.57 Å². The van der Waals surface area contributed by atoms with Crippen molar-refractivity contribution in [3.05, 3.63) is 24.3 Å². The highest BCUT2D eigenvalue weighted by molar-refractivity contribution is 5.01. The smallest absolute Gasteiger partial charge is 0.187 e. The molecule has 134 valence electrons. The van der Waals surface area contributed by atoms with E-state index in [1.807, 2.05) is 13.0 Å². The Kier molecular flexibility index (Phi) is 7.82. The Morgan fingerprint density at radius 1 is 1.26 bits per heavy atom. The molecule has 7 heteroatoms. The maximum Gasteiger partial charge on any atom is 0.187 e. The lowest BCUT2D eigenvalue weighted by molar-refractivity contribution is -0.299. The molecule has 0 bridgehead atoms. The molecule has 0 aromatic heterocycles. The highest BCUT2D eigenvalue weighted by Gasteiger charge is 2.43. The molecule has 1 aliphatic heterocycles. The molecule has 1 fully saturated rings. The first kappa shape index (κ1) is 20.2. The molecule has 5 N–H and O–H groups in total. The lowest BCUT2D eigenvalue weighted by atomic mass is 9.99. The molecular formula is C16H28O7. The summed E-state index contributed by atoms with van der Waals surface area (Å²) in [7, 11) is 0. The van der Waals surface area contributed by atoms with Crippen LogP contribution >= 0.6 is 0 Å². The Balaban J connectivity index is 2.48. The largest absolute Gasteiger partial charge is 0.394 e. The average molecular weight is 332 g/mol. The predicted octanol–water partition coefficient (Wildman–Crippen LogP) is -0.534. The van der Waals surface area contributed by atoms with Crippen LogP contribution < -0.4 is 0 Å². The maximum atomic E-state index is 9.84. The summed E-state index contributed by atoms with van der Waals surface area (Å²) >= 11 is 0. The van der Waals surface area contributed by atoms with E-state index < -0.39 is 42.9 Å². The molecule has 0 spiro atoms. The van der Waals surface area contributed by atoms with Gasteiger partial charge >= 0.3 is 0 Å². The quantitative estimate of drug-likeness (QED) is 0.379. The van der Waals surface area contributed by atoms with E-state index in [2.05, 4.69) is 6.58 Å². The van der Waals surface area contributed by atoms with Gasteiger partial charge in [0.05, 0.1) is 18.8 Å². The Hall–Kier alpha value is -0.800. The molecule has 1 aliphatic rings. The fourth-order valence-electron chi connectivity index (χ4n) is 2.19. The molecule has 1 heterocycles. The fourth-order valence-corrected chi connectivity index (χ4v) is 2.19. The lowest BCUT2D eigenvalue weighted by Crippen LogP contribution is -2.59. The molecule has 7 nitrogen and oxygen atoms in total. The monoisotopic (exact) mass is 332 g/mol. The van der Waals surface area contributed by atoms with Crippen molar-refractivity contribution in [3.63, 3.8) is 0 Å². The molecule has 1 rings (SSSR count). The van der Waals surface area contributed by atoms with Gasteiger partial charge in [-0.3, -0.25) is 0 Å². The van der Waals surface area contributed by atoms with Gasteiger partial charge in [-0.05, 0) is 26.7 Å². The van der Waals surface area contributed by atoms with Crippen LogP contribution in [0.3, 0.4) is 0 Å². The first-order valence-electron chi connectivity index (χ1n) is 7.65. The molecule has 0 saturated carbocycles. The van der Waals surface area contributed by atoms with Gasteiger partial charge in [0.1, 0.15) is 24.4 Å². The van der Waals surface area contributed by atoms with Crippen LogP contribution in [0.5, 0.6) is 0 Å². The number of allylic oxidation sites excluding steroid dienone is 1. The van der Waals surface area contributed by atoms with Crippen molar-refractivity contribution in [2.45, 2.75) is 63.0 Å². The highest BCUT2D eigenvalue weighted by Crippen LogP contribution is 2.22. The second-order valence-electron chi connectivity index (χ2n) is 6.16. The van der Waals surface area contributed by atoms with Crippen molar-refractivity contribution < 1.29 is 35.0 Å². The minimum absolute atomic E-state index is 0.152. The first-order chi connectivity index (χ1) is 10.7. The fraction of sp³-hybridized carbons (Fsp3) is 0.750. The molecule has 0 aromatic rings. The number of ether oxygens (including phenoxy) is 2. The van der Waals surface area contributed by atoms with Crippen LogP contribution in [0.1, 0.15) is 26.7 Å². The van der Waals surface area contributed by atoms with Gasteiger partial charge in [0.15, 0.2) is 6.29 Å². The summed E-state index contributed by atoms with van der Waals surface area (Å²) in [4.78, 5) is 0. The summed E-state index contributed by atoms with van der Waals surface area (Å²) in [6, 6.07) is 0. The van der Waals surface area contributed by atoms with Crippen LogP contribution in [0.15, 0.2) is 24.3 Å². The summed E-state index contributed by atoms with van der Waals surface area (Å²) < 4.78 is 10.7. The van der Waals surface area contributed by atoms with Crippen LogP contribution in [0.25, 0.3) is 0 Å². The van der Waals surface area contributed by atoms with Crippen molar-refractivity contribution in [3.8, 4) is 0 Å². The third-order valence-electron chi connectivity index (χ3n) is 3.91. The van der Waals surface area contributed by atoms with Crippen molar-refractivity contribution >= 4 is 0 Å². The zero-order valence-corrected chi connectivity index (χ0v) is 13.6. The van der Waals surface area contributed by atoms with Crippen molar-refractivity contribution in [2.75, 3.05) is 13.2 Å². The molecule has 1 saturated heterocycles. The number of hydrogen-bond acceptors (Lipinski definition) is 7. The summed E-state index contributed by atoms with van der Waals surface area (Å²) in [5, 5.41) is 48.1. The van der Waals surface area contributed by atoms with Crippen LogP contribution in [0, 0.1) is 0 Å². The van der Waals surface area contributed by atoms with E-state index in [9.17, 15) is 20.4 Å². The van der Waals surface area contributed by atoms with E-state index in [1.54, 1.807) is 6.92 Å². The van der Waals surface area contributed by atoms with Gasteiger partial charge in [-0.15, -0.1) is 6.58 Å². The number of aliphatic hydroxyl groups excluding tert-OH is 4. The maximum absolute atomic E-state index is 9.84. The number of rotatable bonds is 8. The topological polar surface area (TPSA) is 120 Å². The van der Waals surface area contributed by atoms with E-state index in [4.69, 9.17) is 14.6 Å². The zero-order chi connectivity index (χ0) is 17.6. The Morgan fingerprint density at radius 2 is 1.91 bits per heavy atom. The highest BCUT2D eigenvalue weighted by atomic mass is 16.7. The van der Waals surface area contributed by atoms with Crippen LogP contribution in [-0.4, -0.2) is 75.1 Å². The van der Waals surface area contributed by atoms with Crippen molar-refractivity contribution in [2.24, 2.45) is 0 Å². The Labute approximate surface area is 136 Å². The Bertz CT molecular complexity index is 405. The summed E-state index contributed by atoms with van der Waals surface area (Å²) in [6.45, 7) is 6.72. The standard InChI is InChI=1S/C16H28O7/c1-4-16(3,21)7-5-6-10(2)9-22-15-14(20)13(19)12(18)11(8-17)23-15/h4,6,11-15,17-21H,1,5,7-9H2,2-3H3/t11-,12-,13+,14-,15-,16+/m1/s1. The summed E-state index contributed by atoms with van der Waals surface area (Å²) in [6.07, 6.45) is -1.83. The van der Waals surface area contributed by atoms with Crippen LogP contribution in [0.2, 0.25) is 0 Å². The van der Waals surface area contributed by atoms with Gasteiger partial charge in [0.25, 0.3) is 0 Å². The molecule has 23 heavy (non-hydrogen) atoms. The van der Waals surface area contributed by atoms with E-state index >= 15 is 0 Å². The number of aliphatic hydroxyl groups is 5. The van der Waals surface area contributed by atoms with E-state index in [0.29, 0.717) is 12.8 Å². The molecule has 0 aromatic carbocycles. The molecule has 0 aliphatic carbocycles. The Morgan fingerprint density at radius 3 is 2.48 bits per heavy atom. The van der Waals surface area contributed by atoms with Crippen LogP contribution in [-0.2, 0) is 9.47 Å². The van der Waals surface area contributed by atoms with Gasteiger partial charge in [-0.1, -0.05) is 17.7 Å². The molecule has 0 unspecified atom stereocenters. The minimum atomic E-state index is -1.45. The van der Waals surface area contributed by atoms with E-state index in [1.165, 1.54) is 6.08 Å². The minimum Gasteiger partial charge on any atom is -0.394 e. The number of hydrogen-bond donors (Lipinski definition) is 5. The predicted molar refractivity (Wildman–Crippen MR) is 83.5 cm³/mol. The average Bonchev–Trinajstić information content (AvgIpc) is 2.52. The summed E-state index contributed by atoms with van der Waals surface area (Å²) in [5.41, 5.74) is -0.0589. The zero-order valence-electron chi connectivity index (χ0n) is 13.6. The second-order valence-corrected chi connectivity index (χ2v) is 6.16. The normalized spacial score (nSPS) is 34.9. The van der Waals surface area contributed by atoms with Gasteiger partial charge in [-0.25, -0.2) is 0 Å². The molecular weight excluding hydrogens is 304 g/mol. The van der Waals surface area contributed by atoms with Gasteiger partial charge in [-0.2, -0.15) is 0 Å². The van der Waals surface area contributed by atoms with Gasteiger partial charge in [0.2, 0.25) is 0 Å². The van der Waals surface area contributed by atoms with Crippen LogP contribution in [0.4, 0.5) is 0 Å². The third-order valence-corrected chi connectivity index (χ3v) is 3.91.